The van der Waals surface area contributed by atoms with Crippen LogP contribution in [0.5, 0.6) is 5.75 Å². The van der Waals surface area contributed by atoms with Gasteiger partial charge in [0.05, 0.1) is 23.1 Å². The summed E-state index contributed by atoms with van der Waals surface area (Å²) < 4.78 is 33.8. The van der Waals surface area contributed by atoms with Gasteiger partial charge in [0, 0.05) is 24.2 Å². The van der Waals surface area contributed by atoms with Crippen LogP contribution in [-0.4, -0.2) is 45.6 Å². The summed E-state index contributed by atoms with van der Waals surface area (Å²) in [5, 5.41) is 9.32. The first-order valence-corrected chi connectivity index (χ1v) is 13.0. The van der Waals surface area contributed by atoms with Crippen LogP contribution in [0.3, 0.4) is 0 Å². The first kappa shape index (κ1) is 24.2. The molecule has 0 radical (unpaired) electrons. The Morgan fingerprint density at radius 2 is 1.76 bits per heavy atom. The Bertz CT molecular complexity index is 1260. The molecule has 0 spiro atoms. The van der Waals surface area contributed by atoms with Gasteiger partial charge in [-0.3, -0.25) is 0 Å². The minimum Gasteiger partial charge on any atom is -0.494 e. The van der Waals surface area contributed by atoms with Crippen LogP contribution in [0.1, 0.15) is 18.4 Å². The summed E-state index contributed by atoms with van der Waals surface area (Å²) in [5.74, 6) is 0.811. The molecule has 1 aliphatic heterocycles. The average molecular weight is 496 g/mol. The monoisotopic (exact) mass is 495 g/mol. The van der Waals surface area contributed by atoms with E-state index in [2.05, 4.69) is 15.7 Å². The van der Waals surface area contributed by atoms with E-state index in [0.717, 1.165) is 42.8 Å². The Morgan fingerprint density at radius 3 is 2.44 bits per heavy atom. The van der Waals surface area contributed by atoms with Gasteiger partial charge >= 0.3 is 0 Å². The summed E-state index contributed by atoms with van der Waals surface area (Å²) in [5.41, 5.74) is 2.77. The van der Waals surface area contributed by atoms with Crippen molar-refractivity contribution in [2.24, 2.45) is 0 Å². The molecule has 34 heavy (non-hydrogen) atoms. The Morgan fingerprint density at radius 1 is 1.06 bits per heavy atom. The van der Waals surface area contributed by atoms with Gasteiger partial charge in [0.2, 0.25) is 10.0 Å². The van der Waals surface area contributed by atoms with E-state index < -0.39 is 10.0 Å². The third-order valence-electron chi connectivity index (χ3n) is 5.79. The smallest absolute Gasteiger partial charge is 0.240 e. The number of nitriles is 1. The van der Waals surface area contributed by atoms with Crippen molar-refractivity contribution in [2.45, 2.75) is 23.8 Å². The second-order valence-electron chi connectivity index (χ2n) is 8.28. The van der Waals surface area contributed by atoms with E-state index in [0.29, 0.717) is 23.7 Å². The van der Waals surface area contributed by atoms with Crippen LogP contribution in [0.4, 0.5) is 0 Å². The quantitative estimate of drug-likeness (QED) is 0.435. The van der Waals surface area contributed by atoms with Crippen molar-refractivity contribution in [1.29, 1.82) is 5.26 Å². The van der Waals surface area contributed by atoms with Gasteiger partial charge in [-0.05, 0) is 73.0 Å². The fraction of sp³-hybridized carbons (Fsp3) is 0.269. The highest BCUT2D eigenvalue weighted by Gasteiger charge is 2.27. The van der Waals surface area contributed by atoms with Crippen molar-refractivity contribution < 1.29 is 13.2 Å². The summed E-state index contributed by atoms with van der Waals surface area (Å²) in [6.45, 7) is 2.96. The minimum atomic E-state index is -3.58. The van der Waals surface area contributed by atoms with Gasteiger partial charge < -0.3 is 9.64 Å². The van der Waals surface area contributed by atoms with Gasteiger partial charge in [0.25, 0.3) is 0 Å². The topological polar surface area (TPSA) is 82.4 Å². The molecule has 6 nitrogen and oxygen atoms in total. The molecule has 1 atom stereocenters. The Kier molecular flexibility index (Phi) is 7.86. The van der Waals surface area contributed by atoms with Gasteiger partial charge in [-0.15, -0.1) is 0 Å². The highest BCUT2D eigenvalue weighted by Crippen LogP contribution is 2.23. The van der Waals surface area contributed by atoms with Gasteiger partial charge in [-0.2, -0.15) is 5.26 Å². The normalized spacial score (nSPS) is 16.3. The molecule has 0 bridgehead atoms. The Labute approximate surface area is 205 Å². The summed E-state index contributed by atoms with van der Waals surface area (Å²) in [7, 11) is -3.58. The Balaban J connectivity index is 1.19. The summed E-state index contributed by atoms with van der Waals surface area (Å²) in [4.78, 5) is 2.44. The molecule has 176 valence electrons. The van der Waals surface area contributed by atoms with Crippen molar-refractivity contribution in [2.75, 3.05) is 26.2 Å². The van der Waals surface area contributed by atoms with E-state index in [9.17, 15) is 8.42 Å². The number of nitrogens with zero attached hydrogens (tertiary/aromatic N) is 2. The van der Waals surface area contributed by atoms with Gasteiger partial charge in [-0.1, -0.05) is 41.9 Å². The lowest BCUT2D eigenvalue weighted by Gasteiger charge is -2.17. The number of hydrogen-bond donors (Lipinski definition) is 1. The molecule has 1 saturated heterocycles. The van der Waals surface area contributed by atoms with E-state index in [1.54, 1.807) is 18.2 Å². The SMILES string of the molecule is N#Cc1ccc(-c2ccc(OCCCN3CC[C@@H](NS(=O)(=O)c4cccc(Cl)c4)C3)cc2)cc1. The molecule has 0 saturated carbocycles. The first-order chi connectivity index (χ1) is 16.4. The lowest BCUT2D eigenvalue weighted by molar-refractivity contribution is 0.261. The summed E-state index contributed by atoms with van der Waals surface area (Å²) in [6, 6.07) is 23.7. The number of hydrogen-bond acceptors (Lipinski definition) is 5. The second kappa shape index (κ2) is 11.0. The van der Waals surface area contributed by atoms with Crippen LogP contribution >= 0.6 is 11.6 Å². The zero-order valence-electron chi connectivity index (χ0n) is 18.7. The standard InChI is InChI=1S/C26H26ClN3O3S/c27-23-3-1-4-26(17-23)34(31,32)29-24-13-15-30(19-24)14-2-16-33-25-11-9-22(10-12-25)21-7-5-20(18-28)6-8-21/h1,3-12,17,24,29H,2,13-16,19H2/t24-/m1/s1. The number of sulfonamides is 1. The summed E-state index contributed by atoms with van der Waals surface area (Å²) in [6.07, 6.45) is 1.63. The van der Waals surface area contributed by atoms with Crippen molar-refractivity contribution in [3.63, 3.8) is 0 Å². The molecule has 0 aliphatic carbocycles. The fourth-order valence-electron chi connectivity index (χ4n) is 4.01. The van der Waals surface area contributed by atoms with Crippen LogP contribution in [-0.2, 0) is 10.0 Å². The maximum atomic E-state index is 12.6. The predicted molar refractivity (Wildman–Crippen MR) is 133 cm³/mol. The third-order valence-corrected chi connectivity index (χ3v) is 7.54. The molecule has 1 fully saturated rings. The third kappa shape index (κ3) is 6.37. The molecule has 4 rings (SSSR count). The number of benzene rings is 3. The second-order valence-corrected chi connectivity index (χ2v) is 10.4. The number of halogens is 1. The lowest BCUT2D eigenvalue weighted by atomic mass is 10.0. The van der Waals surface area contributed by atoms with Crippen LogP contribution in [0.15, 0.2) is 77.7 Å². The predicted octanol–water partition coefficient (Wildman–Crippen LogP) is 4.70. The highest BCUT2D eigenvalue weighted by atomic mass is 35.5. The maximum absolute atomic E-state index is 12.6. The molecule has 3 aromatic rings. The number of rotatable bonds is 9. The van der Waals surface area contributed by atoms with Crippen molar-refractivity contribution in [3.8, 4) is 22.9 Å². The number of nitrogens with one attached hydrogen (secondary N) is 1. The molecule has 1 N–H and O–H groups in total. The van der Waals surface area contributed by atoms with Crippen LogP contribution < -0.4 is 9.46 Å². The van der Waals surface area contributed by atoms with Crippen LogP contribution in [0, 0.1) is 11.3 Å². The molecule has 1 aliphatic rings. The molecular formula is C26H26ClN3O3S. The van der Waals surface area contributed by atoms with E-state index in [4.69, 9.17) is 21.6 Å². The molecule has 8 heteroatoms. The first-order valence-electron chi connectivity index (χ1n) is 11.2. The molecule has 1 heterocycles. The largest absolute Gasteiger partial charge is 0.494 e. The molecule has 3 aromatic carbocycles. The molecule has 0 amide bonds. The van der Waals surface area contributed by atoms with E-state index in [1.807, 2.05) is 48.5 Å². The fourth-order valence-corrected chi connectivity index (χ4v) is 5.57. The van der Waals surface area contributed by atoms with Gasteiger partial charge in [0.15, 0.2) is 0 Å². The minimum absolute atomic E-state index is 0.111. The summed E-state index contributed by atoms with van der Waals surface area (Å²) >= 11 is 5.93. The van der Waals surface area contributed by atoms with Crippen molar-refractivity contribution in [1.82, 2.24) is 9.62 Å². The van der Waals surface area contributed by atoms with Gasteiger partial charge in [-0.25, -0.2) is 13.1 Å². The van der Waals surface area contributed by atoms with E-state index in [1.165, 1.54) is 6.07 Å². The Hall–Kier alpha value is -2.89. The van der Waals surface area contributed by atoms with Crippen LogP contribution in [0.25, 0.3) is 11.1 Å². The lowest BCUT2D eigenvalue weighted by Crippen LogP contribution is -2.37. The average Bonchev–Trinajstić information content (AvgIpc) is 3.29. The van der Waals surface area contributed by atoms with E-state index >= 15 is 0 Å². The highest BCUT2D eigenvalue weighted by molar-refractivity contribution is 7.89. The molecular weight excluding hydrogens is 470 g/mol. The number of likely N-dealkylation sites (tertiary alicyclic amines) is 1. The zero-order chi connectivity index (χ0) is 24.0. The zero-order valence-corrected chi connectivity index (χ0v) is 20.2. The van der Waals surface area contributed by atoms with Crippen molar-refractivity contribution >= 4 is 21.6 Å². The van der Waals surface area contributed by atoms with Gasteiger partial charge in [0.1, 0.15) is 5.75 Å². The molecule has 0 unspecified atom stereocenters. The van der Waals surface area contributed by atoms with E-state index in [-0.39, 0.29) is 10.9 Å². The number of ether oxygens (including phenoxy) is 1. The van der Waals surface area contributed by atoms with Crippen LogP contribution in [0.2, 0.25) is 5.02 Å². The van der Waals surface area contributed by atoms with Crippen molar-refractivity contribution in [3.05, 3.63) is 83.4 Å². The molecule has 0 aromatic heterocycles. The maximum Gasteiger partial charge on any atom is 0.240 e.